The third-order valence-electron chi connectivity index (χ3n) is 3.98. The van der Waals surface area contributed by atoms with Gasteiger partial charge in [-0.1, -0.05) is 37.7 Å². The van der Waals surface area contributed by atoms with Crippen LogP contribution >= 0.6 is 11.8 Å². The third-order valence-corrected chi connectivity index (χ3v) is 4.92. The largest absolute Gasteiger partial charge is 0.310 e. The van der Waals surface area contributed by atoms with E-state index in [0.717, 1.165) is 16.8 Å². The van der Waals surface area contributed by atoms with Crippen molar-refractivity contribution < 1.29 is 4.79 Å². The van der Waals surface area contributed by atoms with Gasteiger partial charge in [-0.05, 0) is 47.4 Å². The van der Waals surface area contributed by atoms with E-state index in [1.54, 1.807) is 9.58 Å². The fourth-order valence-corrected chi connectivity index (χ4v) is 3.30. The predicted octanol–water partition coefficient (Wildman–Crippen LogP) is 2.98. The first kappa shape index (κ1) is 19.9. The van der Waals surface area contributed by atoms with Crippen molar-refractivity contribution in [2.45, 2.75) is 45.8 Å². The molecule has 0 fully saturated rings. The number of amides is 1. The van der Waals surface area contributed by atoms with Crippen LogP contribution in [0.5, 0.6) is 0 Å². The van der Waals surface area contributed by atoms with Crippen molar-refractivity contribution in [3.8, 4) is 6.07 Å². The highest BCUT2D eigenvalue weighted by molar-refractivity contribution is 7.99. The Morgan fingerprint density at radius 3 is 2.85 bits per heavy atom. The maximum Gasteiger partial charge on any atom is 0.237 e. The molecule has 1 amide bonds. The minimum absolute atomic E-state index is 0.0574. The predicted molar refractivity (Wildman–Crippen MR) is 102 cm³/mol. The zero-order chi connectivity index (χ0) is 19.1. The van der Waals surface area contributed by atoms with Gasteiger partial charge in [0.2, 0.25) is 11.1 Å². The maximum absolute atomic E-state index is 12.9. The molecule has 2 rings (SSSR count). The van der Waals surface area contributed by atoms with E-state index in [0.29, 0.717) is 24.2 Å². The normalized spacial score (nSPS) is 10.8. The summed E-state index contributed by atoms with van der Waals surface area (Å²) in [5.74, 6) is 0.575. The number of nitriles is 1. The minimum Gasteiger partial charge on any atom is -0.310 e. The van der Waals surface area contributed by atoms with Crippen molar-refractivity contribution >= 4 is 23.4 Å². The van der Waals surface area contributed by atoms with Gasteiger partial charge in [0.05, 0.1) is 18.2 Å². The van der Waals surface area contributed by atoms with Gasteiger partial charge in [0.1, 0.15) is 0 Å². The van der Waals surface area contributed by atoms with Crippen molar-refractivity contribution in [1.29, 1.82) is 5.26 Å². The van der Waals surface area contributed by atoms with E-state index < -0.39 is 0 Å². The first-order valence-corrected chi connectivity index (χ1v) is 9.55. The van der Waals surface area contributed by atoms with Gasteiger partial charge in [-0.2, -0.15) is 5.26 Å². The molecule has 1 heterocycles. The van der Waals surface area contributed by atoms with Crippen LogP contribution in [-0.2, 0) is 11.3 Å². The number of nitrogens with zero attached hydrogens (tertiary/aromatic N) is 6. The van der Waals surface area contributed by atoms with E-state index in [4.69, 9.17) is 5.26 Å². The third kappa shape index (κ3) is 5.05. The van der Waals surface area contributed by atoms with E-state index in [9.17, 15) is 4.79 Å². The Hall–Kier alpha value is -2.40. The van der Waals surface area contributed by atoms with E-state index in [-0.39, 0.29) is 18.1 Å². The van der Waals surface area contributed by atoms with Gasteiger partial charge < -0.3 is 4.90 Å². The lowest BCUT2D eigenvalue weighted by molar-refractivity contribution is -0.116. The zero-order valence-electron chi connectivity index (χ0n) is 15.6. The molecule has 0 aliphatic carbocycles. The van der Waals surface area contributed by atoms with Crippen LogP contribution in [0.15, 0.2) is 23.4 Å². The minimum atomic E-state index is -0.0574. The van der Waals surface area contributed by atoms with Gasteiger partial charge in [-0.25, -0.2) is 4.68 Å². The summed E-state index contributed by atoms with van der Waals surface area (Å²) in [7, 11) is 0. The van der Waals surface area contributed by atoms with Gasteiger partial charge in [0, 0.05) is 18.8 Å². The molecule has 2 aromatic rings. The standard InChI is InChI=1S/C18H24N6OS/c1-13(2)11-24-18(20-21-22-24)26-12-17(25)23(10-6-9-19)16-8-5-7-14(3)15(16)4/h5,7-8,13H,6,10-12H2,1-4H3. The first-order valence-electron chi connectivity index (χ1n) is 8.56. The highest BCUT2D eigenvalue weighted by atomic mass is 32.2. The van der Waals surface area contributed by atoms with Crippen LogP contribution in [0.25, 0.3) is 0 Å². The topological polar surface area (TPSA) is 87.7 Å². The molecule has 0 aliphatic heterocycles. The Balaban J connectivity index is 2.14. The first-order chi connectivity index (χ1) is 12.4. The Morgan fingerprint density at radius 1 is 1.38 bits per heavy atom. The van der Waals surface area contributed by atoms with Gasteiger partial charge in [0.15, 0.2) is 0 Å². The molecule has 0 unspecified atom stereocenters. The molecule has 1 aromatic heterocycles. The molecule has 1 aromatic carbocycles. The van der Waals surface area contributed by atoms with Gasteiger partial charge in [-0.3, -0.25) is 4.79 Å². The summed E-state index contributed by atoms with van der Waals surface area (Å²) in [5, 5.41) is 21.3. The molecule has 0 radical (unpaired) electrons. The summed E-state index contributed by atoms with van der Waals surface area (Å²) in [4.78, 5) is 14.5. The molecule has 0 saturated heterocycles. The summed E-state index contributed by atoms with van der Waals surface area (Å²) in [6.45, 7) is 9.26. The lowest BCUT2D eigenvalue weighted by atomic mass is 10.1. The summed E-state index contributed by atoms with van der Waals surface area (Å²) in [5.41, 5.74) is 3.02. The fourth-order valence-electron chi connectivity index (χ4n) is 2.53. The van der Waals surface area contributed by atoms with Crippen LogP contribution in [0.2, 0.25) is 0 Å². The number of rotatable bonds is 8. The number of aryl methyl sites for hydroxylation is 1. The van der Waals surface area contributed by atoms with Gasteiger partial charge in [0.25, 0.3) is 0 Å². The van der Waals surface area contributed by atoms with Crippen LogP contribution < -0.4 is 4.90 Å². The van der Waals surface area contributed by atoms with Crippen molar-refractivity contribution in [3.63, 3.8) is 0 Å². The van der Waals surface area contributed by atoms with Crippen molar-refractivity contribution in [2.24, 2.45) is 5.92 Å². The molecule has 0 spiro atoms. The molecule has 0 saturated carbocycles. The number of tetrazole rings is 1. The van der Waals surface area contributed by atoms with Crippen LogP contribution in [-0.4, -0.2) is 38.4 Å². The molecule has 26 heavy (non-hydrogen) atoms. The zero-order valence-corrected chi connectivity index (χ0v) is 16.5. The maximum atomic E-state index is 12.9. The quantitative estimate of drug-likeness (QED) is 0.662. The molecule has 0 aliphatic rings. The SMILES string of the molecule is Cc1cccc(N(CCC#N)C(=O)CSc2nnnn2CC(C)C)c1C. The second-order valence-corrected chi connectivity index (χ2v) is 7.44. The lowest BCUT2D eigenvalue weighted by Crippen LogP contribution is -2.34. The molecular formula is C18H24N6OS. The lowest BCUT2D eigenvalue weighted by Gasteiger charge is -2.24. The summed E-state index contributed by atoms with van der Waals surface area (Å²) in [6.07, 6.45) is 0.287. The number of aromatic nitrogens is 4. The Kier molecular flexibility index (Phi) is 7.16. The monoisotopic (exact) mass is 372 g/mol. The second kappa shape index (κ2) is 9.34. The average Bonchev–Trinajstić information content (AvgIpc) is 3.03. The number of carbonyl (C=O) groups is 1. The number of carbonyl (C=O) groups excluding carboxylic acids is 1. The van der Waals surface area contributed by atoms with Crippen molar-refractivity contribution in [2.75, 3.05) is 17.2 Å². The molecule has 0 bridgehead atoms. The average molecular weight is 372 g/mol. The summed E-state index contributed by atoms with van der Waals surface area (Å²) in [6, 6.07) is 7.99. The Morgan fingerprint density at radius 2 is 2.15 bits per heavy atom. The van der Waals surface area contributed by atoms with Gasteiger partial charge in [-0.15, -0.1) is 5.10 Å². The number of benzene rings is 1. The number of anilines is 1. The molecule has 0 N–H and O–H groups in total. The molecular weight excluding hydrogens is 348 g/mol. The Bertz CT molecular complexity index is 795. The van der Waals surface area contributed by atoms with E-state index in [1.165, 1.54) is 11.8 Å². The molecule has 7 nitrogen and oxygen atoms in total. The van der Waals surface area contributed by atoms with Crippen molar-refractivity contribution in [3.05, 3.63) is 29.3 Å². The van der Waals surface area contributed by atoms with Crippen molar-refractivity contribution in [1.82, 2.24) is 20.2 Å². The molecule has 138 valence electrons. The van der Waals surface area contributed by atoms with Crippen LogP contribution in [0.1, 0.15) is 31.4 Å². The van der Waals surface area contributed by atoms with E-state index >= 15 is 0 Å². The van der Waals surface area contributed by atoms with E-state index in [1.807, 2.05) is 32.0 Å². The second-order valence-electron chi connectivity index (χ2n) is 6.50. The molecule has 0 atom stereocenters. The Labute approximate surface area is 158 Å². The van der Waals surface area contributed by atoms with E-state index in [2.05, 4.69) is 35.4 Å². The number of hydrogen-bond donors (Lipinski definition) is 0. The summed E-state index contributed by atoms with van der Waals surface area (Å²) < 4.78 is 1.72. The highest BCUT2D eigenvalue weighted by Crippen LogP contribution is 2.25. The van der Waals surface area contributed by atoms with Crippen LogP contribution in [0, 0.1) is 31.1 Å². The number of hydrogen-bond acceptors (Lipinski definition) is 6. The number of thioether (sulfide) groups is 1. The van der Waals surface area contributed by atoms with Crippen LogP contribution in [0.3, 0.4) is 0 Å². The smallest absolute Gasteiger partial charge is 0.237 e. The van der Waals surface area contributed by atoms with Crippen LogP contribution in [0.4, 0.5) is 5.69 Å². The fraction of sp³-hybridized carbons (Fsp3) is 0.500. The van der Waals surface area contributed by atoms with Gasteiger partial charge >= 0.3 is 0 Å². The highest BCUT2D eigenvalue weighted by Gasteiger charge is 2.19. The summed E-state index contributed by atoms with van der Waals surface area (Å²) >= 11 is 1.32. The molecule has 8 heteroatoms.